The second kappa shape index (κ2) is 4.09. The molecule has 14 heavy (non-hydrogen) atoms. The van der Waals surface area contributed by atoms with Gasteiger partial charge in [-0.15, -0.1) is 0 Å². The molecule has 0 unspecified atom stereocenters. The zero-order valence-corrected chi connectivity index (χ0v) is 8.81. The molecule has 2 atom stereocenters. The Morgan fingerprint density at radius 1 is 1.14 bits per heavy atom. The van der Waals surface area contributed by atoms with Crippen LogP contribution in [0.5, 0.6) is 0 Å². The van der Waals surface area contributed by atoms with Gasteiger partial charge < -0.3 is 4.74 Å². The highest BCUT2D eigenvalue weighted by Crippen LogP contribution is 2.32. The third-order valence-corrected chi connectivity index (χ3v) is 2.88. The van der Waals surface area contributed by atoms with Crippen LogP contribution in [-0.2, 0) is 4.74 Å². The fraction of sp³-hybridized carbons (Fsp3) is 0.583. The van der Waals surface area contributed by atoms with E-state index >= 15 is 0 Å². The summed E-state index contributed by atoms with van der Waals surface area (Å²) in [6.07, 6.45) is 6.79. The van der Waals surface area contributed by atoms with Gasteiger partial charge in [0.2, 0.25) is 0 Å². The fourth-order valence-corrected chi connectivity index (χ4v) is 2.31. The van der Waals surface area contributed by atoms with Crippen molar-refractivity contribution in [2.45, 2.75) is 44.8 Å². The van der Waals surface area contributed by atoms with E-state index in [1.807, 2.05) is 12.4 Å². The number of aromatic nitrogens is 1. The van der Waals surface area contributed by atoms with E-state index < -0.39 is 0 Å². The van der Waals surface area contributed by atoms with Crippen LogP contribution in [0.3, 0.4) is 0 Å². The molecule has 1 saturated heterocycles. The van der Waals surface area contributed by atoms with Gasteiger partial charge >= 0.3 is 0 Å². The quantitative estimate of drug-likeness (QED) is 0.681. The van der Waals surface area contributed by atoms with Crippen LogP contribution in [0, 0.1) is 0 Å². The minimum Gasteiger partial charge on any atom is -0.376 e. The van der Waals surface area contributed by atoms with E-state index in [1.165, 1.54) is 5.56 Å². The lowest BCUT2D eigenvalue weighted by molar-refractivity contribution is -0.0380. The van der Waals surface area contributed by atoms with Crippen molar-refractivity contribution in [1.29, 1.82) is 0 Å². The van der Waals surface area contributed by atoms with Crippen molar-refractivity contribution in [3.63, 3.8) is 0 Å². The summed E-state index contributed by atoms with van der Waals surface area (Å²) in [5.74, 6) is 0.650. The van der Waals surface area contributed by atoms with Crippen LogP contribution >= 0.6 is 0 Å². The molecule has 0 spiro atoms. The molecule has 0 aromatic carbocycles. The van der Waals surface area contributed by atoms with Gasteiger partial charge in [0.15, 0.2) is 0 Å². The maximum absolute atomic E-state index is 5.72. The maximum Gasteiger partial charge on any atom is 0.0556 e. The molecule has 2 heterocycles. The summed E-state index contributed by atoms with van der Waals surface area (Å²) in [5.41, 5.74) is 1.40. The molecule has 2 rings (SSSR count). The van der Waals surface area contributed by atoms with Crippen molar-refractivity contribution < 1.29 is 4.74 Å². The van der Waals surface area contributed by atoms with Crippen LogP contribution in [0.25, 0.3) is 0 Å². The smallest absolute Gasteiger partial charge is 0.0556 e. The summed E-state index contributed by atoms with van der Waals surface area (Å²) in [4.78, 5) is 4.05. The summed E-state index contributed by atoms with van der Waals surface area (Å²) in [5, 5.41) is 0. The molecular weight excluding hydrogens is 174 g/mol. The van der Waals surface area contributed by atoms with Crippen LogP contribution in [0.15, 0.2) is 24.5 Å². The molecule has 1 aromatic heterocycles. The first-order valence-corrected chi connectivity index (χ1v) is 5.31. The van der Waals surface area contributed by atoms with Crippen LogP contribution in [-0.4, -0.2) is 17.2 Å². The zero-order chi connectivity index (χ0) is 9.97. The lowest BCUT2D eigenvalue weighted by Gasteiger charge is -2.32. The summed E-state index contributed by atoms with van der Waals surface area (Å²) in [6, 6.07) is 4.24. The minimum absolute atomic E-state index is 0.386. The molecule has 2 nitrogen and oxygen atoms in total. The van der Waals surface area contributed by atoms with Gasteiger partial charge in [-0.05, 0) is 50.3 Å². The van der Waals surface area contributed by atoms with E-state index in [0.717, 1.165) is 12.8 Å². The van der Waals surface area contributed by atoms with Gasteiger partial charge in [0, 0.05) is 12.4 Å². The third kappa shape index (κ3) is 2.13. The highest BCUT2D eigenvalue weighted by atomic mass is 16.5. The minimum atomic E-state index is 0.386. The number of hydrogen-bond donors (Lipinski definition) is 0. The largest absolute Gasteiger partial charge is 0.376 e. The number of ether oxygens (including phenoxy) is 1. The molecule has 1 aromatic rings. The van der Waals surface area contributed by atoms with Crippen molar-refractivity contribution in [3.05, 3.63) is 30.1 Å². The van der Waals surface area contributed by atoms with E-state index in [4.69, 9.17) is 4.74 Å². The molecule has 1 fully saturated rings. The summed E-state index contributed by atoms with van der Waals surface area (Å²) in [7, 11) is 0. The first-order valence-electron chi connectivity index (χ1n) is 5.31. The molecule has 1 aliphatic heterocycles. The number of rotatable bonds is 1. The van der Waals surface area contributed by atoms with Crippen molar-refractivity contribution in [1.82, 2.24) is 4.98 Å². The predicted octanol–water partition coefficient (Wildman–Crippen LogP) is 2.75. The normalized spacial score (nSPS) is 32.9. The Bertz CT molecular complexity index is 276. The van der Waals surface area contributed by atoms with Gasteiger partial charge in [0.25, 0.3) is 0 Å². The van der Waals surface area contributed by atoms with E-state index in [9.17, 15) is 0 Å². The lowest BCUT2D eigenvalue weighted by Crippen LogP contribution is -2.28. The average Bonchev–Trinajstić information content (AvgIpc) is 2.18. The van der Waals surface area contributed by atoms with Gasteiger partial charge in [-0.3, -0.25) is 4.98 Å². The Hall–Kier alpha value is -0.890. The van der Waals surface area contributed by atoms with Crippen molar-refractivity contribution in [3.8, 4) is 0 Å². The van der Waals surface area contributed by atoms with Gasteiger partial charge in [0.1, 0.15) is 0 Å². The van der Waals surface area contributed by atoms with Gasteiger partial charge in [-0.25, -0.2) is 0 Å². The molecule has 0 N–H and O–H groups in total. The Morgan fingerprint density at radius 3 is 2.29 bits per heavy atom. The topological polar surface area (TPSA) is 22.1 Å². The van der Waals surface area contributed by atoms with Crippen LogP contribution in [0.4, 0.5) is 0 Å². The molecule has 0 aliphatic carbocycles. The molecule has 76 valence electrons. The van der Waals surface area contributed by atoms with Gasteiger partial charge in [0.05, 0.1) is 12.2 Å². The summed E-state index contributed by atoms with van der Waals surface area (Å²) >= 11 is 0. The highest BCUT2D eigenvalue weighted by molar-refractivity contribution is 5.16. The van der Waals surface area contributed by atoms with E-state index in [1.54, 1.807) is 0 Å². The number of nitrogens with zero attached hydrogens (tertiary/aromatic N) is 1. The molecule has 2 heteroatoms. The van der Waals surface area contributed by atoms with Crippen molar-refractivity contribution in [2.75, 3.05) is 0 Å². The van der Waals surface area contributed by atoms with E-state index in [0.29, 0.717) is 18.1 Å². The number of hydrogen-bond acceptors (Lipinski definition) is 2. The SMILES string of the molecule is C[C@@H]1CC(c2ccncc2)C[C@@H](C)O1. The average molecular weight is 191 g/mol. The molecule has 0 bridgehead atoms. The Kier molecular flexibility index (Phi) is 2.82. The fourth-order valence-electron chi connectivity index (χ4n) is 2.31. The molecule has 0 radical (unpaired) electrons. The second-order valence-electron chi connectivity index (χ2n) is 4.21. The Balaban J connectivity index is 2.11. The second-order valence-corrected chi connectivity index (χ2v) is 4.21. The maximum atomic E-state index is 5.72. The first-order chi connectivity index (χ1) is 6.75. The summed E-state index contributed by atoms with van der Waals surface area (Å²) < 4.78 is 5.72. The summed E-state index contributed by atoms with van der Waals surface area (Å²) in [6.45, 7) is 4.31. The highest BCUT2D eigenvalue weighted by Gasteiger charge is 2.25. The van der Waals surface area contributed by atoms with Gasteiger partial charge in [-0.2, -0.15) is 0 Å². The van der Waals surface area contributed by atoms with Crippen LogP contribution in [0.2, 0.25) is 0 Å². The van der Waals surface area contributed by atoms with Crippen molar-refractivity contribution in [2.24, 2.45) is 0 Å². The molecule has 0 saturated carbocycles. The monoisotopic (exact) mass is 191 g/mol. The predicted molar refractivity (Wildman–Crippen MR) is 56.2 cm³/mol. The van der Waals surface area contributed by atoms with Gasteiger partial charge in [-0.1, -0.05) is 0 Å². The van der Waals surface area contributed by atoms with Crippen molar-refractivity contribution >= 4 is 0 Å². The standard InChI is InChI=1S/C12H17NO/c1-9-7-12(8-10(2)14-9)11-3-5-13-6-4-11/h3-6,9-10,12H,7-8H2,1-2H3/t9-,10-/m1/s1. The first kappa shape index (κ1) is 9.66. The van der Waals surface area contributed by atoms with Crippen LogP contribution < -0.4 is 0 Å². The molecule has 0 amide bonds. The zero-order valence-electron chi connectivity index (χ0n) is 8.81. The number of pyridine rings is 1. The van der Waals surface area contributed by atoms with E-state index in [-0.39, 0.29) is 0 Å². The molecule has 1 aliphatic rings. The lowest BCUT2D eigenvalue weighted by atomic mass is 9.87. The Morgan fingerprint density at radius 2 is 1.71 bits per heavy atom. The third-order valence-electron chi connectivity index (χ3n) is 2.88. The molecular formula is C12H17NO. The Labute approximate surface area is 85.3 Å². The van der Waals surface area contributed by atoms with E-state index in [2.05, 4.69) is 31.0 Å². The van der Waals surface area contributed by atoms with Crippen LogP contribution in [0.1, 0.15) is 38.2 Å².